The van der Waals surface area contributed by atoms with Gasteiger partial charge in [0.2, 0.25) is 0 Å². The second-order valence-corrected chi connectivity index (χ2v) is 8.10. The van der Waals surface area contributed by atoms with E-state index in [0.717, 1.165) is 11.8 Å². The number of anilines is 1. The first-order chi connectivity index (χ1) is 10.6. The number of amides is 1. The number of hydrogen-bond acceptors (Lipinski definition) is 4. The molecule has 23 heavy (non-hydrogen) atoms. The zero-order valence-electron chi connectivity index (χ0n) is 13.0. The van der Waals surface area contributed by atoms with Crippen molar-refractivity contribution in [1.82, 2.24) is 4.98 Å². The van der Waals surface area contributed by atoms with Crippen molar-refractivity contribution in [3.05, 3.63) is 47.8 Å². The first-order valence-electron chi connectivity index (χ1n) is 6.67. The van der Waals surface area contributed by atoms with Crippen LogP contribution in [0.25, 0.3) is 0 Å². The van der Waals surface area contributed by atoms with E-state index in [4.69, 9.17) is 8.19 Å². The molecule has 1 amide bonds. The van der Waals surface area contributed by atoms with Crippen molar-refractivity contribution in [2.75, 3.05) is 5.32 Å². The second-order valence-electron chi connectivity index (χ2n) is 4.80. The van der Waals surface area contributed by atoms with Crippen LogP contribution >= 0.6 is 0 Å². The molecule has 4 N–H and O–H groups in total. The first kappa shape index (κ1) is 19.0. The van der Waals surface area contributed by atoms with E-state index in [2.05, 4.69) is 10.3 Å². The van der Waals surface area contributed by atoms with Gasteiger partial charge in [0.25, 0.3) is 0 Å². The standard InChI is InChI=1S/C9H12AsNO5.C6H7N/c1-5-8(11-6(2)12)4-3-7(9(5)13)10(14,15)16;1-6-4-2-3-5-7-6/h3-4,13H,1-2H3,(H,11,12)(H2,14,15,16);2-5H,1H3. The molecule has 2 rings (SSSR count). The monoisotopic (exact) mass is 382 g/mol. The molecule has 0 bridgehead atoms. The molecular weight excluding hydrogens is 363 g/mol. The summed E-state index contributed by atoms with van der Waals surface area (Å²) in [6, 6.07) is 8.33. The minimum absolute atomic E-state index is 0.234. The number of nitrogens with zero attached hydrogens (tertiary/aromatic N) is 1. The Morgan fingerprint density at radius 1 is 1.17 bits per heavy atom. The Balaban J connectivity index is 0.000000313. The molecule has 0 saturated heterocycles. The van der Waals surface area contributed by atoms with E-state index < -0.39 is 19.9 Å². The molecule has 0 fully saturated rings. The zero-order valence-corrected chi connectivity index (χ0v) is 14.9. The molecule has 0 atom stereocenters. The van der Waals surface area contributed by atoms with Crippen molar-refractivity contribution in [3.8, 4) is 5.75 Å². The smallest absolute Gasteiger partial charge is 0.0372 e. The molecule has 0 saturated carbocycles. The fourth-order valence-corrected chi connectivity index (χ4v) is 3.19. The normalized spacial score (nSPS) is 10.5. The molecule has 1 aromatic heterocycles. The number of rotatable bonds is 2. The Labute approximate surface area is 137 Å². The molecule has 1 heterocycles. The van der Waals surface area contributed by atoms with Gasteiger partial charge in [0.05, 0.1) is 0 Å². The van der Waals surface area contributed by atoms with Gasteiger partial charge in [-0.2, -0.15) is 0 Å². The van der Waals surface area contributed by atoms with Crippen LogP contribution in [0.5, 0.6) is 5.75 Å². The second kappa shape index (κ2) is 7.96. The van der Waals surface area contributed by atoms with Gasteiger partial charge < -0.3 is 0 Å². The van der Waals surface area contributed by atoms with E-state index in [0.29, 0.717) is 5.69 Å². The predicted molar refractivity (Wildman–Crippen MR) is 86.6 cm³/mol. The quantitative estimate of drug-likeness (QED) is 0.565. The van der Waals surface area contributed by atoms with Crippen LogP contribution in [-0.4, -0.2) is 38.4 Å². The Morgan fingerprint density at radius 3 is 2.22 bits per heavy atom. The number of hydrogen-bond donors (Lipinski definition) is 4. The van der Waals surface area contributed by atoms with Gasteiger partial charge in [0, 0.05) is 11.9 Å². The number of pyridine rings is 1. The van der Waals surface area contributed by atoms with E-state index in [1.165, 1.54) is 19.9 Å². The fourth-order valence-electron chi connectivity index (χ4n) is 1.69. The third kappa shape index (κ3) is 5.90. The third-order valence-electron chi connectivity index (χ3n) is 2.85. The SMILES string of the molecule is CC(=O)Nc1ccc([As](=O)(O)O)c(O)c1C.Cc1ccccn1. The van der Waals surface area contributed by atoms with Gasteiger partial charge in [-0.15, -0.1) is 0 Å². The van der Waals surface area contributed by atoms with Crippen LogP contribution in [0.1, 0.15) is 18.2 Å². The van der Waals surface area contributed by atoms with Crippen LogP contribution in [-0.2, 0) is 8.53 Å². The molecule has 0 aliphatic carbocycles. The van der Waals surface area contributed by atoms with Gasteiger partial charge in [0.1, 0.15) is 0 Å². The van der Waals surface area contributed by atoms with Crippen LogP contribution in [0.3, 0.4) is 0 Å². The molecule has 8 heteroatoms. The van der Waals surface area contributed by atoms with Gasteiger partial charge in [-0.1, -0.05) is 6.07 Å². The number of phenols is 1. The van der Waals surface area contributed by atoms with E-state index >= 15 is 0 Å². The number of phenolic OH excluding ortho intramolecular Hbond substituents is 1. The summed E-state index contributed by atoms with van der Waals surface area (Å²) in [7, 11) is 0. The number of aromatic hydroxyl groups is 1. The number of carbonyl (C=O) groups excluding carboxylic acids is 1. The molecule has 0 radical (unpaired) electrons. The molecule has 0 aliphatic heterocycles. The molecule has 7 nitrogen and oxygen atoms in total. The maximum Gasteiger partial charge on any atom is 0.0372 e. The Morgan fingerprint density at radius 2 is 1.83 bits per heavy atom. The summed E-state index contributed by atoms with van der Waals surface area (Å²) in [6.07, 6.45) is 1.79. The average Bonchev–Trinajstić information content (AvgIpc) is 2.44. The molecular formula is C15H19AsN2O5. The summed E-state index contributed by atoms with van der Waals surface area (Å²) in [6.45, 7) is 4.74. The van der Waals surface area contributed by atoms with Crippen molar-refractivity contribution in [1.29, 1.82) is 0 Å². The van der Waals surface area contributed by atoms with Gasteiger partial charge >= 0.3 is 94.6 Å². The topological polar surface area (TPSA) is 120 Å². The van der Waals surface area contributed by atoms with Crippen molar-refractivity contribution in [2.24, 2.45) is 0 Å². The molecule has 0 spiro atoms. The summed E-state index contributed by atoms with van der Waals surface area (Å²) in [5.41, 5.74) is 1.64. The van der Waals surface area contributed by atoms with E-state index in [1.54, 1.807) is 6.20 Å². The fraction of sp³-hybridized carbons (Fsp3) is 0.200. The number of aromatic nitrogens is 1. The summed E-state index contributed by atoms with van der Waals surface area (Å²) in [5, 5.41) is 12.0. The average molecular weight is 382 g/mol. The molecule has 2 aromatic rings. The summed E-state index contributed by atoms with van der Waals surface area (Å²) >= 11 is -5.12. The van der Waals surface area contributed by atoms with Gasteiger partial charge in [-0.05, 0) is 19.1 Å². The van der Waals surface area contributed by atoms with Crippen LogP contribution in [0, 0.1) is 13.8 Å². The molecule has 0 aliphatic rings. The van der Waals surface area contributed by atoms with Crippen LogP contribution in [0.2, 0.25) is 0 Å². The minimum atomic E-state index is -5.12. The maximum atomic E-state index is 11.0. The molecule has 0 unspecified atom stereocenters. The summed E-state index contributed by atoms with van der Waals surface area (Å²) in [4.78, 5) is 14.8. The van der Waals surface area contributed by atoms with Gasteiger partial charge in [-0.3, -0.25) is 4.98 Å². The zero-order chi connectivity index (χ0) is 17.6. The molecule has 124 valence electrons. The number of nitrogens with one attached hydrogen (secondary N) is 1. The van der Waals surface area contributed by atoms with E-state index in [1.807, 2.05) is 25.1 Å². The third-order valence-corrected chi connectivity index (χ3v) is 4.92. The van der Waals surface area contributed by atoms with Crippen molar-refractivity contribution in [2.45, 2.75) is 20.8 Å². The number of carbonyl (C=O) groups is 1. The molecule has 1 aromatic carbocycles. The van der Waals surface area contributed by atoms with Crippen LogP contribution < -0.4 is 9.67 Å². The summed E-state index contributed by atoms with van der Waals surface area (Å²) in [5.74, 6) is -0.796. The van der Waals surface area contributed by atoms with Crippen molar-refractivity contribution in [3.63, 3.8) is 0 Å². The van der Waals surface area contributed by atoms with Gasteiger partial charge in [-0.25, -0.2) is 0 Å². The van der Waals surface area contributed by atoms with Crippen molar-refractivity contribution >= 4 is 30.1 Å². The van der Waals surface area contributed by atoms with E-state index in [9.17, 15) is 13.6 Å². The number of aryl methyl sites for hydroxylation is 1. The van der Waals surface area contributed by atoms with Gasteiger partial charge in [0.15, 0.2) is 0 Å². The van der Waals surface area contributed by atoms with Crippen molar-refractivity contribution < 1.29 is 21.8 Å². The largest absolute Gasteiger partial charge is 0.262 e. The Bertz CT molecular complexity index is 728. The summed E-state index contributed by atoms with van der Waals surface area (Å²) < 4.78 is 28.6. The Kier molecular flexibility index (Phi) is 6.57. The minimum Gasteiger partial charge on any atom is -0.262 e. The predicted octanol–water partition coefficient (Wildman–Crippen LogP) is 0.610. The van der Waals surface area contributed by atoms with Crippen LogP contribution in [0.15, 0.2) is 36.5 Å². The van der Waals surface area contributed by atoms with Crippen LogP contribution in [0.4, 0.5) is 5.69 Å². The maximum absolute atomic E-state index is 11.0. The van der Waals surface area contributed by atoms with E-state index in [-0.39, 0.29) is 15.8 Å². The number of benzene rings is 1. The Hall–Kier alpha value is -2.08. The first-order valence-corrected chi connectivity index (χ1v) is 10.0.